The Morgan fingerprint density at radius 1 is 1.35 bits per heavy atom. The maximum atomic E-state index is 11.9. The van der Waals surface area contributed by atoms with E-state index in [2.05, 4.69) is 4.98 Å². The van der Waals surface area contributed by atoms with Crippen LogP contribution < -0.4 is 5.14 Å². The Hall–Kier alpha value is -1.47. The summed E-state index contributed by atoms with van der Waals surface area (Å²) in [6.45, 7) is 4.88. The number of pyridine rings is 1. The summed E-state index contributed by atoms with van der Waals surface area (Å²) < 4.78 is 22.0. The summed E-state index contributed by atoms with van der Waals surface area (Å²) in [5.74, 6) is -0.226. The van der Waals surface area contributed by atoms with Crippen LogP contribution >= 0.6 is 0 Å². The molecular formula is C10H15N3O3S. The third-order valence-electron chi connectivity index (χ3n) is 2.33. The second kappa shape index (κ2) is 5.24. The van der Waals surface area contributed by atoms with E-state index in [4.69, 9.17) is 5.14 Å². The van der Waals surface area contributed by atoms with Gasteiger partial charge in [0.1, 0.15) is 10.6 Å². The predicted molar refractivity (Wildman–Crippen MR) is 62.9 cm³/mol. The van der Waals surface area contributed by atoms with Crippen molar-refractivity contribution >= 4 is 15.9 Å². The van der Waals surface area contributed by atoms with Gasteiger partial charge in [0.2, 0.25) is 10.0 Å². The van der Waals surface area contributed by atoms with Gasteiger partial charge in [0.05, 0.1) is 0 Å². The highest BCUT2D eigenvalue weighted by Gasteiger charge is 2.15. The quantitative estimate of drug-likeness (QED) is 0.834. The first-order chi connectivity index (χ1) is 7.90. The highest BCUT2D eigenvalue weighted by Crippen LogP contribution is 2.07. The van der Waals surface area contributed by atoms with Crippen LogP contribution in [0.1, 0.15) is 24.3 Å². The highest BCUT2D eigenvalue weighted by molar-refractivity contribution is 7.89. The maximum Gasteiger partial charge on any atom is 0.272 e. The molecule has 0 saturated heterocycles. The molecule has 0 radical (unpaired) electrons. The second-order valence-electron chi connectivity index (χ2n) is 3.40. The number of hydrogen-bond acceptors (Lipinski definition) is 4. The van der Waals surface area contributed by atoms with Gasteiger partial charge in [-0.1, -0.05) is 0 Å². The smallest absolute Gasteiger partial charge is 0.272 e. The average molecular weight is 257 g/mol. The Kier molecular flexibility index (Phi) is 4.19. The summed E-state index contributed by atoms with van der Waals surface area (Å²) in [6, 6.07) is 2.64. The molecule has 0 aliphatic heterocycles. The van der Waals surface area contributed by atoms with E-state index in [1.807, 2.05) is 13.8 Å². The summed E-state index contributed by atoms with van der Waals surface area (Å²) >= 11 is 0. The summed E-state index contributed by atoms with van der Waals surface area (Å²) in [7, 11) is -3.76. The molecule has 1 heterocycles. The molecule has 94 valence electrons. The van der Waals surface area contributed by atoms with Crippen molar-refractivity contribution in [2.45, 2.75) is 18.7 Å². The van der Waals surface area contributed by atoms with Gasteiger partial charge >= 0.3 is 0 Å². The largest absolute Gasteiger partial charge is 0.338 e. The number of hydrogen-bond donors (Lipinski definition) is 1. The fourth-order valence-corrected chi connectivity index (χ4v) is 1.81. The normalized spacial score (nSPS) is 11.2. The molecular weight excluding hydrogens is 242 g/mol. The zero-order chi connectivity index (χ0) is 13.1. The summed E-state index contributed by atoms with van der Waals surface area (Å²) in [5, 5.41) is 4.93. The van der Waals surface area contributed by atoms with Crippen LogP contribution in [-0.2, 0) is 10.0 Å². The Labute approximate surface area is 100 Å². The Morgan fingerprint density at radius 2 is 1.94 bits per heavy atom. The van der Waals surface area contributed by atoms with E-state index in [9.17, 15) is 13.2 Å². The molecule has 0 unspecified atom stereocenters. The number of rotatable bonds is 4. The van der Waals surface area contributed by atoms with Gasteiger partial charge in [0.15, 0.2) is 0 Å². The molecule has 0 aromatic carbocycles. The Bertz CT molecular complexity index is 492. The van der Waals surface area contributed by atoms with E-state index in [0.29, 0.717) is 13.1 Å². The van der Waals surface area contributed by atoms with Crippen molar-refractivity contribution in [2.75, 3.05) is 13.1 Å². The van der Waals surface area contributed by atoms with Crippen LogP contribution in [0.25, 0.3) is 0 Å². The van der Waals surface area contributed by atoms with Crippen LogP contribution in [0, 0.1) is 0 Å². The first-order valence-electron chi connectivity index (χ1n) is 5.18. The first kappa shape index (κ1) is 13.6. The van der Waals surface area contributed by atoms with E-state index in [0.717, 1.165) is 6.20 Å². The van der Waals surface area contributed by atoms with E-state index in [1.165, 1.54) is 12.1 Å². The van der Waals surface area contributed by atoms with Crippen LogP contribution in [0.2, 0.25) is 0 Å². The molecule has 0 fully saturated rings. The van der Waals surface area contributed by atoms with Gasteiger partial charge in [-0.05, 0) is 26.0 Å². The van der Waals surface area contributed by atoms with Crippen molar-refractivity contribution in [1.82, 2.24) is 9.88 Å². The molecule has 1 aromatic rings. The van der Waals surface area contributed by atoms with Gasteiger partial charge in [-0.15, -0.1) is 0 Å². The molecule has 2 N–H and O–H groups in total. The molecule has 1 amide bonds. The lowest BCUT2D eigenvalue weighted by atomic mass is 10.3. The molecule has 0 spiro atoms. The SMILES string of the molecule is CCN(CC)C(=O)c1ccc(S(N)(=O)=O)cn1. The number of sulfonamides is 1. The van der Waals surface area contributed by atoms with Crippen LogP contribution in [-0.4, -0.2) is 37.3 Å². The van der Waals surface area contributed by atoms with Crippen molar-refractivity contribution in [1.29, 1.82) is 0 Å². The van der Waals surface area contributed by atoms with Crippen LogP contribution in [0.3, 0.4) is 0 Å². The molecule has 6 nitrogen and oxygen atoms in total. The number of carbonyl (C=O) groups excluding carboxylic acids is 1. The molecule has 1 rings (SSSR count). The topological polar surface area (TPSA) is 93.4 Å². The fourth-order valence-electron chi connectivity index (χ4n) is 1.35. The fraction of sp³-hybridized carbons (Fsp3) is 0.400. The van der Waals surface area contributed by atoms with Gasteiger partial charge in [0.25, 0.3) is 5.91 Å². The lowest BCUT2D eigenvalue weighted by Gasteiger charge is -2.17. The summed E-state index contributed by atoms with van der Waals surface area (Å²) in [6.07, 6.45) is 1.09. The minimum absolute atomic E-state index is 0.103. The Balaban J connectivity index is 2.99. The molecule has 0 saturated carbocycles. The number of aromatic nitrogens is 1. The molecule has 0 bridgehead atoms. The van der Waals surface area contributed by atoms with E-state index in [1.54, 1.807) is 4.90 Å². The van der Waals surface area contributed by atoms with Crippen LogP contribution in [0.15, 0.2) is 23.2 Å². The summed E-state index contributed by atoms with van der Waals surface area (Å²) in [4.78, 5) is 17.2. The first-order valence-corrected chi connectivity index (χ1v) is 6.73. The van der Waals surface area contributed by atoms with E-state index in [-0.39, 0.29) is 16.5 Å². The standard InChI is InChI=1S/C10H15N3O3S/c1-3-13(4-2)10(14)9-6-5-8(7-12-9)17(11,15)16/h5-7H,3-4H2,1-2H3,(H2,11,15,16). The van der Waals surface area contributed by atoms with Gasteiger partial charge in [-0.25, -0.2) is 18.5 Å². The van der Waals surface area contributed by atoms with Gasteiger partial charge in [-0.2, -0.15) is 0 Å². The number of primary sulfonamides is 1. The van der Waals surface area contributed by atoms with Crippen molar-refractivity contribution < 1.29 is 13.2 Å². The third-order valence-corrected chi connectivity index (χ3v) is 3.23. The van der Waals surface area contributed by atoms with Gasteiger partial charge in [-0.3, -0.25) is 4.79 Å². The number of amides is 1. The maximum absolute atomic E-state index is 11.9. The van der Waals surface area contributed by atoms with E-state index >= 15 is 0 Å². The van der Waals surface area contributed by atoms with Crippen LogP contribution in [0.5, 0.6) is 0 Å². The molecule has 7 heteroatoms. The lowest BCUT2D eigenvalue weighted by molar-refractivity contribution is 0.0767. The van der Waals surface area contributed by atoms with E-state index < -0.39 is 10.0 Å². The zero-order valence-electron chi connectivity index (χ0n) is 9.75. The molecule has 17 heavy (non-hydrogen) atoms. The number of nitrogens with zero attached hydrogens (tertiary/aromatic N) is 2. The zero-order valence-corrected chi connectivity index (χ0v) is 10.6. The molecule has 0 aliphatic carbocycles. The number of carbonyl (C=O) groups is 1. The third kappa shape index (κ3) is 3.24. The monoisotopic (exact) mass is 257 g/mol. The second-order valence-corrected chi connectivity index (χ2v) is 4.96. The summed E-state index contributed by atoms with van der Waals surface area (Å²) in [5.41, 5.74) is 0.209. The van der Waals surface area contributed by atoms with Crippen molar-refractivity contribution in [3.63, 3.8) is 0 Å². The lowest BCUT2D eigenvalue weighted by Crippen LogP contribution is -2.31. The van der Waals surface area contributed by atoms with Gasteiger partial charge < -0.3 is 4.90 Å². The Morgan fingerprint density at radius 3 is 2.29 bits per heavy atom. The van der Waals surface area contributed by atoms with Crippen molar-refractivity contribution in [3.8, 4) is 0 Å². The molecule has 0 aliphatic rings. The minimum Gasteiger partial charge on any atom is -0.338 e. The van der Waals surface area contributed by atoms with Gasteiger partial charge in [0, 0.05) is 19.3 Å². The number of nitrogens with two attached hydrogens (primary N) is 1. The minimum atomic E-state index is -3.76. The predicted octanol–water partition coefficient (Wildman–Crippen LogP) is 0.211. The van der Waals surface area contributed by atoms with Crippen molar-refractivity contribution in [2.24, 2.45) is 5.14 Å². The highest BCUT2D eigenvalue weighted by atomic mass is 32.2. The average Bonchev–Trinajstić information content (AvgIpc) is 2.29. The van der Waals surface area contributed by atoms with Crippen molar-refractivity contribution in [3.05, 3.63) is 24.0 Å². The molecule has 0 atom stereocenters. The molecule has 1 aromatic heterocycles. The van der Waals surface area contributed by atoms with Crippen LogP contribution in [0.4, 0.5) is 0 Å².